The van der Waals surface area contributed by atoms with Gasteiger partial charge in [-0.3, -0.25) is 14.5 Å². The Morgan fingerprint density at radius 3 is 2.63 bits per heavy atom. The second-order valence-electron chi connectivity index (χ2n) is 7.54. The monoisotopic (exact) mass is 379 g/mol. The van der Waals surface area contributed by atoms with Crippen LogP contribution < -0.4 is 10.6 Å². The molecule has 2 N–H and O–H groups in total. The van der Waals surface area contributed by atoms with Gasteiger partial charge in [-0.2, -0.15) is 0 Å². The van der Waals surface area contributed by atoms with Crippen LogP contribution in [-0.2, 0) is 9.59 Å². The van der Waals surface area contributed by atoms with Gasteiger partial charge >= 0.3 is 6.03 Å². The number of carbonyl (C=O) groups is 3. The molecule has 0 aromatic heterocycles. The molecule has 1 aromatic rings. The van der Waals surface area contributed by atoms with Crippen LogP contribution in [0, 0.1) is 17.6 Å². The summed E-state index contributed by atoms with van der Waals surface area (Å²) in [5.41, 5.74) is -0.780. The SMILES string of the molecule is CC1CCC2(CC1)NC(=O)N(CC(=O)N[C@@H](C)c1ccc(F)cc1F)C2=O. The number of nitrogens with one attached hydrogen (secondary N) is 2. The zero-order chi connectivity index (χ0) is 19.8. The first kappa shape index (κ1) is 19.3. The van der Waals surface area contributed by atoms with Gasteiger partial charge in [-0.1, -0.05) is 13.0 Å². The molecule has 1 spiro atoms. The number of nitrogens with zero attached hydrogens (tertiary/aromatic N) is 1. The smallest absolute Gasteiger partial charge is 0.325 e. The number of carbonyl (C=O) groups excluding carboxylic acids is 3. The normalized spacial score (nSPS) is 26.2. The molecule has 4 amide bonds. The van der Waals surface area contributed by atoms with Gasteiger partial charge < -0.3 is 10.6 Å². The highest BCUT2D eigenvalue weighted by atomic mass is 19.1. The third kappa shape index (κ3) is 3.79. The Labute approximate surface area is 156 Å². The van der Waals surface area contributed by atoms with E-state index >= 15 is 0 Å². The van der Waals surface area contributed by atoms with Crippen molar-refractivity contribution in [1.82, 2.24) is 15.5 Å². The van der Waals surface area contributed by atoms with E-state index < -0.39 is 41.7 Å². The summed E-state index contributed by atoms with van der Waals surface area (Å²) in [4.78, 5) is 38.2. The van der Waals surface area contributed by atoms with Crippen molar-refractivity contribution in [3.8, 4) is 0 Å². The third-order valence-electron chi connectivity index (χ3n) is 5.48. The van der Waals surface area contributed by atoms with E-state index in [2.05, 4.69) is 17.6 Å². The van der Waals surface area contributed by atoms with Crippen LogP contribution in [0.15, 0.2) is 18.2 Å². The fourth-order valence-corrected chi connectivity index (χ4v) is 3.77. The maximum absolute atomic E-state index is 13.8. The molecule has 1 saturated heterocycles. The molecule has 2 fully saturated rings. The molecule has 1 aliphatic carbocycles. The van der Waals surface area contributed by atoms with Crippen molar-refractivity contribution < 1.29 is 23.2 Å². The maximum atomic E-state index is 13.8. The van der Waals surface area contributed by atoms with E-state index in [1.54, 1.807) is 6.92 Å². The highest BCUT2D eigenvalue weighted by Crippen LogP contribution is 2.36. The molecule has 2 aliphatic rings. The molecule has 1 aliphatic heterocycles. The van der Waals surface area contributed by atoms with Crippen molar-refractivity contribution in [2.75, 3.05) is 6.54 Å². The highest BCUT2D eigenvalue weighted by Gasteiger charge is 2.52. The molecule has 0 radical (unpaired) electrons. The van der Waals surface area contributed by atoms with E-state index in [0.29, 0.717) is 18.8 Å². The molecule has 8 heteroatoms. The topological polar surface area (TPSA) is 78.5 Å². The van der Waals surface area contributed by atoms with Crippen LogP contribution in [0.1, 0.15) is 51.1 Å². The fourth-order valence-electron chi connectivity index (χ4n) is 3.77. The third-order valence-corrected chi connectivity index (χ3v) is 5.48. The molecule has 27 heavy (non-hydrogen) atoms. The number of rotatable bonds is 4. The number of imide groups is 1. The highest BCUT2D eigenvalue weighted by molar-refractivity contribution is 6.09. The average molecular weight is 379 g/mol. The Hall–Kier alpha value is -2.51. The van der Waals surface area contributed by atoms with E-state index in [0.717, 1.165) is 29.9 Å². The number of hydrogen-bond acceptors (Lipinski definition) is 3. The number of urea groups is 1. The van der Waals surface area contributed by atoms with Gasteiger partial charge in [0, 0.05) is 11.6 Å². The second kappa shape index (κ2) is 7.25. The number of amides is 4. The zero-order valence-corrected chi connectivity index (χ0v) is 15.4. The van der Waals surface area contributed by atoms with Gasteiger partial charge in [0.2, 0.25) is 5.91 Å². The molecule has 0 unspecified atom stereocenters. The summed E-state index contributed by atoms with van der Waals surface area (Å²) in [6.07, 6.45) is 2.81. The molecule has 0 bridgehead atoms. The molecule has 3 rings (SSSR count). The molecule has 146 valence electrons. The fraction of sp³-hybridized carbons (Fsp3) is 0.526. The van der Waals surface area contributed by atoms with E-state index in [4.69, 9.17) is 0 Å². The molecule has 1 atom stereocenters. The summed E-state index contributed by atoms with van der Waals surface area (Å²) in [5, 5.41) is 5.30. The van der Waals surface area contributed by atoms with Gasteiger partial charge in [0.05, 0.1) is 6.04 Å². The van der Waals surface area contributed by atoms with Crippen LogP contribution in [0.2, 0.25) is 0 Å². The predicted molar refractivity (Wildman–Crippen MR) is 93.5 cm³/mol. The van der Waals surface area contributed by atoms with E-state index in [1.807, 2.05) is 0 Å². The van der Waals surface area contributed by atoms with E-state index in [1.165, 1.54) is 6.07 Å². The van der Waals surface area contributed by atoms with E-state index in [9.17, 15) is 23.2 Å². The van der Waals surface area contributed by atoms with Crippen molar-refractivity contribution in [1.29, 1.82) is 0 Å². The Balaban J connectivity index is 1.63. The number of benzene rings is 1. The lowest BCUT2D eigenvalue weighted by Gasteiger charge is -2.33. The van der Waals surface area contributed by atoms with Gasteiger partial charge in [-0.15, -0.1) is 0 Å². The van der Waals surface area contributed by atoms with Gasteiger partial charge in [0.15, 0.2) is 0 Å². The van der Waals surface area contributed by atoms with Gasteiger partial charge in [0.1, 0.15) is 23.7 Å². The summed E-state index contributed by atoms with van der Waals surface area (Å²) in [5.74, 6) is -1.94. The quantitative estimate of drug-likeness (QED) is 0.790. The first-order valence-electron chi connectivity index (χ1n) is 9.10. The predicted octanol–water partition coefficient (Wildman–Crippen LogP) is 2.64. The van der Waals surface area contributed by atoms with E-state index in [-0.39, 0.29) is 11.5 Å². The molecule has 1 saturated carbocycles. The van der Waals surface area contributed by atoms with Crippen molar-refractivity contribution in [2.45, 2.75) is 51.1 Å². The largest absolute Gasteiger partial charge is 0.348 e. The summed E-state index contributed by atoms with van der Waals surface area (Å²) in [6.45, 7) is 3.22. The van der Waals surface area contributed by atoms with Crippen molar-refractivity contribution in [2.24, 2.45) is 5.92 Å². The summed E-state index contributed by atoms with van der Waals surface area (Å²) < 4.78 is 26.8. The Morgan fingerprint density at radius 1 is 1.33 bits per heavy atom. The summed E-state index contributed by atoms with van der Waals surface area (Å²) in [7, 11) is 0. The van der Waals surface area contributed by atoms with Gasteiger partial charge in [0.25, 0.3) is 5.91 Å². The van der Waals surface area contributed by atoms with Crippen molar-refractivity contribution in [3.63, 3.8) is 0 Å². The Bertz CT molecular complexity index is 775. The van der Waals surface area contributed by atoms with Crippen LogP contribution in [0.4, 0.5) is 13.6 Å². The molecule has 1 aromatic carbocycles. The van der Waals surface area contributed by atoms with Crippen LogP contribution in [-0.4, -0.2) is 34.8 Å². The molecule has 1 heterocycles. The minimum Gasteiger partial charge on any atom is -0.348 e. The lowest BCUT2D eigenvalue weighted by atomic mass is 9.77. The first-order chi connectivity index (χ1) is 12.7. The zero-order valence-electron chi connectivity index (χ0n) is 15.4. The lowest BCUT2D eigenvalue weighted by Crippen LogP contribution is -2.50. The standard InChI is InChI=1S/C19H23F2N3O3/c1-11-5-7-19(8-6-11)17(26)24(18(27)23-19)10-16(25)22-12(2)14-4-3-13(20)9-15(14)21/h3-4,9,11-12H,5-8,10H2,1-2H3,(H,22,25)(H,23,27)/t11?,12-,19?/m0/s1. The molecule has 6 nitrogen and oxygen atoms in total. The minimum atomic E-state index is -0.904. The van der Waals surface area contributed by atoms with Gasteiger partial charge in [-0.25, -0.2) is 13.6 Å². The molecular weight excluding hydrogens is 356 g/mol. The number of hydrogen-bond donors (Lipinski definition) is 2. The van der Waals surface area contributed by atoms with Gasteiger partial charge in [-0.05, 0) is 44.6 Å². The van der Waals surface area contributed by atoms with Crippen LogP contribution >= 0.6 is 0 Å². The average Bonchev–Trinajstić information content (AvgIpc) is 2.82. The Morgan fingerprint density at radius 2 is 2.00 bits per heavy atom. The maximum Gasteiger partial charge on any atom is 0.325 e. The Kier molecular flexibility index (Phi) is 5.17. The van der Waals surface area contributed by atoms with Crippen LogP contribution in [0.5, 0.6) is 0 Å². The van der Waals surface area contributed by atoms with Crippen molar-refractivity contribution >= 4 is 17.8 Å². The lowest BCUT2D eigenvalue weighted by molar-refractivity contribution is -0.136. The first-order valence-corrected chi connectivity index (χ1v) is 9.10. The van der Waals surface area contributed by atoms with Crippen molar-refractivity contribution in [3.05, 3.63) is 35.4 Å². The molecular formula is C19H23F2N3O3. The van der Waals surface area contributed by atoms with Crippen LogP contribution in [0.3, 0.4) is 0 Å². The van der Waals surface area contributed by atoms with Crippen LogP contribution in [0.25, 0.3) is 0 Å². The number of halogens is 2. The minimum absolute atomic E-state index is 0.125. The second-order valence-corrected chi connectivity index (χ2v) is 7.54. The summed E-state index contributed by atoms with van der Waals surface area (Å²) in [6, 6.07) is 1.78. The summed E-state index contributed by atoms with van der Waals surface area (Å²) >= 11 is 0.